The van der Waals surface area contributed by atoms with Crippen molar-refractivity contribution in [1.29, 1.82) is 0 Å². The van der Waals surface area contributed by atoms with Crippen LogP contribution in [0.5, 0.6) is 0 Å². The maximum absolute atomic E-state index is 5.90. The molecule has 0 aromatic heterocycles. The maximum Gasteiger partial charge on any atom is 0.0267 e. The Bertz CT molecular complexity index is 115. The van der Waals surface area contributed by atoms with Crippen LogP contribution in [0.1, 0.15) is 27.2 Å². The third kappa shape index (κ3) is 1.50. The third-order valence-corrected chi connectivity index (χ3v) is 2.20. The van der Waals surface area contributed by atoms with E-state index in [-0.39, 0.29) is 0 Å². The summed E-state index contributed by atoms with van der Waals surface area (Å²) in [5, 5.41) is 3.42. The van der Waals surface area contributed by atoms with Gasteiger partial charge < -0.3 is 11.1 Å². The van der Waals surface area contributed by atoms with E-state index in [4.69, 9.17) is 5.73 Å². The number of nitrogens with one attached hydrogen (secondary N) is 1. The van der Waals surface area contributed by atoms with Crippen LogP contribution >= 0.6 is 0 Å². The van der Waals surface area contributed by atoms with E-state index < -0.39 is 0 Å². The zero-order chi connectivity index (χ0) is 7.78. The van der Waals surface area contributed by atoms with Crippen LogP contribution in [0.25, 0.3) is 0 Å². The smallest absolute Gasteiger partial charge is 0.0267 e. The van der Waals surface area contributed by atoms with Gasteiger partial charge in [-0.3, -0.25) is 0 Å². The summed E-state index contributed by atoms with van der Waals surface area (Å²) < 4.78 is 0. The Labute approximate surface area is 63.2 Å². The van der Waals surface area contributed by atoms with Gasteiger partial charge in [-0.25, -0.2) is 0 Å². The molecular formula is C8H18N2. The molecule has 0 aromatic carbocycles. The minimum atomic E-state index is 0.315. The van der Waals surface area contributed by atoms with Gasteiger partial charge in [0.1, 0.15) is 0 Å². The summed E-state index contributed by atoms with van der Waals surface area (Å²) in [5.74, 6) is 0. The fourth-order valence-corrected chi connectivity index (χ4v) is 1.67. The molecule has 0 saturated carbocycles. The first-order chi connectivity index (χ1) is 4.52. The molecule has 0 aliphatic carbocycles. The molecular weight excluding hydrogens is 124 g/mol. The molecule has 1 heterocycles. The molecule has 0 amide bonds. The van der Waals surface area contributed by atoms with Gasteiger partial charge in [0.25, 0.3) is 0 Å². The molecule has 1 saturated heterocycles. The molecule has 0 bridgehead atoms. The van der Waals surface area contributed by atoms with E-state index >= 15 is 0 Å². The first-order valence-electron chi connectivity index (χ1n) is 4.01. The lowest BCUT2D eigenvalue weighted by atomic mass is 9.84. The molecule has 2 heteroatoms. The average Bonchev–Trinajstić information content (AvgIpc) is 2.11. The highest BCUT2D eigenvalue weighted by molar-refractivity contribution is 4.93. The first kappa shape index (κ1) is 8.02. The number of rotatable bonds is 0. The normalized spacial score (nSPS) is 34.8. The van der Waals surface area contributed by atoms with Crippen LogP contribution in [0.3, 0.4) is 0 Å². The van der Waals surface area contributed by atoms with Gasteiger partial charge in [-0.2, -0.15) is 0 Å². The van der Waals surface area contributed by atoms with E-state index in [1.54, 1.807) is 0 Å². The molecule has 0 aromatic rings. The van der Waals surface area contributed by atoms with E-state index in [9.17, 15) is 0 Å². The Hall–Kier alpha value is -0.0800. The van der Waals surface area contributed by atoms with Crippen molar-refractivity contribution in [1.82, 2.24) is 5.32 Å². The molecule has 3 N–H and O–H groups in total. The number of hydrogen-bond acceptors (Lipinski definition) is 2. The lowest BCUT2D eigenvalue weighted by Gasteiger charge is -2.30. The summed E-state index contributed by atoms with van der Waals surface area (Å²) in [6.07, 6.45) is 1.13. The second kappa shape index (κ2) is 2.51. The van der Waals surface area contributed by atoms with Crippen molar-refractivity contribution in [3.8, 4) is 0 Å². The van der Waals surface area contributed by atoms with Gasteiger partial charge >= 0.3 is 0 Å². The van der Waals surface area contributed by atoms with E-state index in [0.29, 0.717) is 17.5 Å². The summed E-state index contributed by atoms with van der Waals surface area (Å²) in [7, 11) is 0. The molecule has 0 unspecified atom stereocenters. The minimum absolute atomic E-state index is 0.315. The molecule has 1 aliphatic rings. The molecule has 2 nitrogen and oxygen atoms in total. The van der Waals surface area contributed by atoms with Crippen molar-refractivity contribution in [2.45, 2.75) is 39.3 Å². The van der Waals surface area contributed by atoms with Crippen LogP contribution in [0.15, 0.2) is 0 Å². The Kier molecular flexibility index (Phi) is 2.02. The van der Waals surface area contributed by atoms with E-state index in [0.717, 1.165) is 13.0 Å². The molecule has 1 rings (SSSR count). The predicted octanol–water partition coefficient (Wildman–Crippen LogP) is 0.722. The summed E-state index contributed by atoms with van der Waals surface area (Å²) in [4.78, 5) is 0. The highest BCUT2D eigenvalue weighted by atomic mass is 15.0. The zero-order valence-corrected chi connectivity index (χ0v) is 7.15. The standard InChI is InChI=1S/C8H18N2/c1-8(2,3)7-6(9)4-5-10-7/h6-7,10H,4-5,9H2,1-3H3/t6-,7-/m1/s1. The molecule has 10 heavy (non-hydrogen) atoms. The first-order valence-corrected chi connectivity index (χ1v) is 4.01. The SMILES string of the molecule is CC(C)(C)[C@@H]1NCC[C@H]1N. The monoisotopic (exact) mass is 142 g/mol. The second-order valence-corrected chi connectivity index (χ2v) is 4.25. The van der Waals surface area contributed by atoms with Crippen LogP contribution in [0, 0.1) is 5.41 Å². The molecule has 0 spiro atoms. The topological polar surface area (TPSA) is 38.0 Å². The van der Waals surface area contributed by atoms with Gasteiger partial charge in [-0.1, -0.05) is 20.8 Å². The second-order valence-electron chi connectivity index (χ2n) is 4.25. The van der Waals surface area contributed by atoms with Gasteiger partial charge in [0.2, 0.25) is 0 Å². The molecule has 1 fully saturated rings. The highest BCUT2D eigenvalue weighted by Crippen LogP contribution is 2.24. The predicted molar refractivity (Wildman–Crippen MR) is 43.8 cm³/mol. The zero-order valence-electron chi connectivity index (χ0n) is 7.15. The van der Waals surface area contributed by atoms with Crippen molar-refractivity contribution in [2.75, 3.05) is 6.54 Å². The van der Waals surface area contributed by atoms with Gasteiger partial charge in [-0.15, -0.1) is 0 Å². The fourth-order valence-electron chi connectivity index (χ4n) is 1.67. The number of nitrogens with two attached hydrogens (primary N) is 1. The Morgan fingerprint density at radius 1 is 1.40 bits per heavy atom. The van der Waals surface area contributed by atoms with Crippen molar-refractivity contribution in [3.63, 3.8) is 0 Å². The molecule has 60 valence electrons. The molecule has 0 radical (unpaired) electrons. The Balaban J connectivity index is 2.55. The Morgan fingerprint density at radius 2 is 2.00 bits per heavy atom. The summed E-state index contributed by atoms with van der Waals surface area (Å²) >= 11 is 0. The van der Waals surface area contributed by atoms with E-state index in [2.05, 4.69) is 26.1 Å². The van der Waals surface area contributed by atoms with Crippen LogP contribution in [-0.4, -0.2) is 18.6 Å². The van der Waals surface area contributed by atoms with E-state index in [1.165, 1.54) is 0 Å². The summed E-state index contributed by atoms with van der Waals surface area (Å²) in [6, 6.07) is 0.868. The molecule has 1 aliphatic heterocycles. The van der Waals surface area contributed by atoms with Crippen LogP contribution in [-0.2, 0) is 0 Å². The number of hydrogen-bond donors (Lipinski definition) is 2. The third-order valence-electron chi connectivity index (χ3n) is 2.20. The fraction of sp³-hybridized carbons (Fsp3) is 1.00. The van der Waals surface area contributed by atoms with Gasteiger partial charge in [0, 0.05) is 12.1 Å². The van der Waals surface area contributed by atoms with Gasteiger partial charge in [0.05, 0.1) is 0 Å². The minimum Gasteiger partial charge on any atom is -0.326 e. The van der Waals surface area contributed by atoms with E-state index in [1.807, 2.05) is 0 Å². The van der Waals surface area contributed by atoms with Crippen LogP contribution < -0.4 is 11.1 Å². The van der Waals surface area contributed by atoms with Crippen LogP contribution in [0.2, 0.25) is 0 Å². The quantitative estimate of drug-likeness (QED) is 0.523. The van der Waals surface area contributed by atoms with Crippen molar-refractivity contribution < 1.29 is 0 Å². The summed E-state index contributed by atoms with van der Waals surface area (Å²) in [6.45, 7) is 7.78. The molecule has 2 atom stereocenters. The Morgan fingerprint density at radius 3 is 2.20 bits per heavy atom. The van der Waals surface area contributed by atoms with Gasteiger partial charge in [-0.05, 0) is 18.4 Å². The van der Waals surface area contributed by atoms with Crippen LogP contribution in [0.4, 0.5) is 0 Å². The van der Waals surface area contributed by atoms with Crippen molar-refractivity contribution >= 4 is 0 Å². The maximum atomic E-state index is 5.90. The summed E-state index contributed by atoms with van der Waals surface area (Å²) in [5.41, 5.74) is 6.22. The van der Waals surface area contributed by atoms with Crippen molar-refractivity contribution in [2.24, 2.45) is 11.1 Å². The largest absolute Gasteiger partial charge is 0.326 e. The lowest BCUT2D eigenvalue weighted by Crippen LogP contribution is -2.45. The van der Waals surface area contributed by atoms with Gasteiger partial charge in [0.15, 0.2) is 0 Å². The highest BCUT2D eigenvalue weighted by Gasteiger charge is 2.33. The lowest BCUT2D eigenvalue weighted by molar-refractivity contribution is 0.275. The van der Waals surface area contributed by atoms with Crippen molar-refractivity contribution in [3.05, 3.63) is 0 Å². The average molecular weight is 142 g/mol.